The lowest BCUT2D eigenvalue weighted by molar-refractivity contribution is 0.0640. The molecule has 0 bridgehead atoms. The zero-order chi connectivity index (χ0) is 11.0. The number of carbonyl (C=O) groups is 2. The molecule has 2 N–H and O–H groups in total. The van der Waals surface area contributed by atoms with Crippen LogP contribution in [0.3, 0.4) is 0 Å². The molecule has 2 heterocycles. The van der Waals surface area contributed by atoms with Gasteiger partial charge in [-0.15, -0.1) is 0 Å². The van der Waals surface area contributed by atoms with Crippen molar-refractivity contribution in [2.75, 3.05) is 0 Å². The SMILES string of the molecule is O=C(O)c1nc2n(c1C(=O)O)CCCC2. The molecule has 1 aliphatic rings. The molecule has 0 radical (unpaired) electrons. The molecule has 80 valence electrons. The Labute approximate surface area is 85.2 Å². The maximum atomic E-state index is 10.9. The van der Waals surface area contributed by atoms with Gasteiger partial charge in [0.2, 0.25) is 0 Å². The van der Waals surface area contributed by atoms with Gasteiger partial charge in [0.15, 0.2) is 11.4 Å². The first-order valence-electron chi connectivity index (χ1n) is 4.67. The molecule has 0 unspecified atom stereocenters. The van der Waals surface area contributed by atoms with E-state index in [0.717, 1.165) is 12.8 Å². The van der Waals surface area contributed by atoms with Crippen LogP contribution in [0.1, 0.15) is 39.6 Å². The van der Waals surface area contributed by atoms with Gasteiger partial charge in [-0.3, -0.25) is 0 Å². The van der Waals surface area contributed by atoms with E-state index in [0.29, 0.717) is 18.8 Å². The van der Waals surface area contributed by atoms with Crippen LogP contribution in [-0.4, -0.2) is 31.7 Å². The van der Waals surface area contributed by atoms with E-state index < -0.39 is 11.9 Å². The van der Waals surface area contributed by atoms with Gasteiger partial charge >= 0.3 is 11.9 Å². The fourth-order valence-corrected chi connectivity index (χ4v) is 1.85. The highest BCUT2D eigenvalue weighted by Gasteiger charge is 2.27. The second-order valence-corrected chi connectivity index (χ2v) is 3.44. The lowest BCUT2D eigenvalue weighted by Gasteiger charge is -2.14. The lowest BCUT2D eigenvalue weighted by Crippen LogP contribution is -2.17. The van der Waals surface area contributed by atoms with Crippen molar-refractivity contribution >= 4 is 11.9 Å². The van der Waals surface area contributed by atoms with Crippen molar-refractivity contribution in [1.82, 2.24) is 9.55 Å². The van der Waals surface area contributed by atoms with Gasteiger partial charge < -0.3 is 14.8 Å². The van der Waals surface area contributed by atoms with Crippen LogP contribution in [0.5, 0.6) is 0 Å². The van der Waals surface area contributed by atoms with E-state index in [4.69, 9.17) is 10.2 Å². The van der Waals surface area contributed by atoms with Crippen molar-refractivity contribution in [3.63, 3.8) is 0 Å². The van der Waals surface area contributed by atoms with Crippen molar-refractivity contribution in [1.29, 1.82) is 0 Å². The average molecular weight is 210 g/mol. The predicted molar refractivity (Wildman–Crippen MR) is 49.1 cm³/mol. The summed E-state index contributed by atoms with van der Waals surface area (Å²) in [4.78, 5) is 25.6. The van der Waals surface area contributed by atoms with Gasteiger partial charge in [0, 0.05) is 13.0 Å². The maximum absolute atomic E-state index is 10.9. The van der Waals surface area contributed by atoms with Gasteiger partial charge in [0.05, 0.1) is 0 Å². The number of aromatic carboxylic acids is 2. The fourth-order valence-electron chi connectivity index (χ4n) is 1.85. The second-order valence-electron chi connectivity index (χ2n) is 3.44. The first kappa shape index (κ1) is 9.70. The van der Waals surface area contributed by atoms with E-state index in [1.807, 2.05) is 0 Å². The molecule has 0 fully saturated rings. The monoisotopic (exact) mass is 210 g/mol. The Morgan fingerprint density at radius 3 is 2.53 bits per heavy atom. The summed E-state index contributed by atoms with van der Waals surface area (Å²) in [6, 6.07) is 0. The Morgan fingerprint density at radius 1 is 1.20 bits per heavy atom. The zero-order valence-corrected chi connectivity index (χ0v) is 7.93. The minimum Gasteiger partial charge on any atom is -0.476 e. The Bertz CT molecular complexity index is 436. The van der Waals surface area contributed by atoms with Crippen molar-refractivity contribution in [3.05, 3.63) is 17.2 Å². The Balaban J connectivity index is 2.61. The summed E-state index contributed by atoms with van der Waals surface area (Å²) in [7, 11) is 0. The molecule has 0 aromatic carbocycles. The highest BCUT2D eigenvalue weighted by molar-refractivity contribution is 5.99. The minimum absolute atomic E-state index is 0.197. The van der Waals surface area contributed by atoms with Crippen molar-refractivity contribution < 1.29 is 19.8 Å². The third-order valence-corrected chi connectivity index (χ3v) is 2.48. The van der Waals surface area contributed by atoms with Crippen LogP contribution < -0.4 is 0 Å². The van der Waals surface area contributed by atoms with Gasteiger partial charge in [-0.25, -0.2) is 14.6 Å². The smallest absolute Gasteiger partial charge is 0.357 e. The van der Waals surface area contributed by atoms with Crippen molar-refractivity contribution in [2.45, 2.75) is 25.8 Å². The summed E-state index contributed by atoms with van der Waals surface area (Å²) in [6.07, 6.45) is 2.44. The maximum Gasteiger partial charge on any atom is 0.357 e. The largest absolute Gasteiger partial charge is 0.476 e. The first-order valence-corrected chi connectivity index (χ1v) is 4.67. The van der Waals surface area contributed by atoms with E-state index in [2.05, 4.69) is 4.98 Å². The molecule has 15 heavy (non-hydrogen) atoms. The molecule has 2 rings (SSSR count). The third-order valence-electron chi connectivity index (χ3n) is 2.48. The molecule has 0 amide bonds. The van der Waals surface area contributed by atoms with E-state index in [9.17, 15) is 9.59 Å². The minimum atomic E-state index is -1.28. The van der Waals surface area contributed by atoms with Crippen LogP contribution >= 0.6 is 0 Å². The van der Waals surface area contributed by atoms with Gasteiger partial charge in [-0.1, -0.05) is 0 Å². The first-order chi connectivity index (χ1) is 7.11. The molecule has 1 aliphatic heterocycles. The number of imidazole rings is 1. The van der Waals surface area contributed by atoms with Crippen LogP contribution in [0, 0.1) is 0 Å². The van der Waals surface area contributed by atoms with Crippen LogP contribution in [0.4, 0.5) is 0 Å². The van der Waals surface area contributed by atoms with Gasteiger partial charge in [-0.05, 0) is 12.8 Å². The molecule has 6 heteroatoms. The molecule has 0 atom stereocenters. The van der Waals surface area contributed by atoms with Gasteiger partial charge in [0.1, 0.15) is 5.82 Å². The van der Waals surface area contributed by atoms with E-state index in [1.165, 1.54) is 4.57 Å². The molecular weight excluding hydrogens is 200 g/mol. The van der Waals surface area contributed by atoms with Crippen molar-refractivity contribution in [2.24, 2.45) is 0 Å². The van der Waals surface area contributed by atoms with Crippen LogP contribution in [0.2, 0.25) is 0 Å². The zero-order valence-electron chi connectivity index (χ0n) is 7.93. The molecule has 0 aliphatic carbocycles. The van der Waals surface area contributed by atoms with Gasteiger partial charge in [-0.2, -0.15) is 0 Å². The number of hydrogen-bond donors (Lipinski definition) is 2. The number of nitrogens with zero attached hydrogens (tertiary/aromatic N) is 2. The molecule has 6 nitrogen and oxygen atoms in total. The predicted octanol–water partition coefficient (Wildman–Crippen LogP) is 0.616. The van der Waals surface area contributed by atoms with E-state index >= 15 is 0 Å². The normalized spacial score (nSPS) is 14.7. The molecule has 0 spiro atoms. The molecule has 0 saturated heterocycles. The summed E-state index contributed by atoms with van der Waals surface area (Å²) < 4.78 is 1.50. The lowest BCUT2D eigenvalue weighted by atomic mass is 10.1. The number of rotatable bonds is 2. The summed E-state index contributed by atoms with van der Waals surface area (Å²) in [5.74, 6) is -1.95. The number of carboxylic acid groups (broad SMARTS) is 2. The Kier molecular flexibility index (Phi) is 2.18. The molecule has 0 saturated carbocycles. The Morgan fingerprint density at radius 2 is 1.93 bits per heavy atom. The number of hydrogen-bond acceptors (Lipinski definition) is 3. The van der Waals surface area contributed by atoms with Crippen LogP contribution in [-0.2, 0) is 13.0 Å². The number of aryl methyl sites for hydroxylation is 1. The summed E-state index contributed by atoms with van der Waals surface area (Å²) in [5.41, 5.74) is -0.545. The molecule has 1 aromatic rings. The highest BCUT2D eigenvalue weighted by Crippen LogP contribution is 2.19. The van der Waals surface area contributed by atoms with Crippen LogP contribution in [0.25, 0.3) is 0 Å². The van der Waals surface area contributed by atoms with E-state index in [1.54, 1.807) is 0 Å². The number of carboxylic acids is 2. The van der Waals surface area contributed by atoms with Gasteiger partial charge in [0.25, 0.3) is 0 Å². The third kappa shape index (κ3) is 1.47. The molecule has 1 aromatic heterocycles. The number of fused-ring (bicyclic) bond motifs is 1. The Hall–Kier alpha value is -1.85. The topological polar surface area (TPSA) is 92.4 Å². The number of aromatic nitrogens is 2. The highest BCUT2D eigenvalue weighted by atomic mass is 16.4. The van der Waals surface area contributed by atoms with E-state index in [-0.39, 0.29) is 11.4 Å². The summed E-state index contributed by atoms with van der Waals surface area (Å²) in [6.45, 7) is 0.539. The molecular formula is C9H10N2O4. The second kappa shape index (κ2) is 3.38. The quantitative estimate of drug-likeness (QED) is 0.746. The summed E-state index contributed by atoms with van der Waals surface area (Å²) >= 11 is 0. The summed E-state index contributed by atoms with van der Waals surface area (Å²) in [5, 5.41) is 17.8. The average Bonchev–Trinajstić information content (AvgIpc) is 2.56. The van der Waals surface area contributed by atoms with Crippen LogP contribution in [0.15, 0.2) is 0 Å². The standard InChI is InChI=1S/C9H10N2O4/c12-8(13)6-7(9(14)15)11-4-2-1-3-5(11)10-6/h1-4H2,(H,12,13)(H,14,15). The fraction of sp³-hybridized carbons (Fsp3) is 0.444. The van der Waals surface area contributed by atoms with Crippen molar-refractivity contribution in [3.8, 4) is 0 Å².